The predicted molar refractivity (Wildman–Crippen MR) is 93.8 cm³/mol. The summed E-state index contributed by atoms with van der Waals surface area (Å²) in [6.07, 6.45) is 5.34. The molecular weight excluding hydrogens is 316 g/mol. The number of amides is 2. The lowest BCUT2D eigenvalue weighted by Crippen LogP contribution is -2.50. The fraction of sp³-hybridized carbons (Fsp3) is 0.421. The second-order valence-electron chi connectivity index (χ2n) is 6.88. The van der Waals surface area contributed by atoms with Gasteiger partial charge in [0.2, 0.25) is 5.91 Å². The molecular formula is C19H22N4O2. The van der Waals surface area contributed by atoms with E-state index in [4.69, 9.17) is 0 Å². The van der Waals surface area contributed by atoms with Crippen molar-refractivity contribution in [3.05, 3.63) is 47.3 Å². The third-order valence-corrected chi connectivity index (χ3v) is 4.95. The van der Waals surface area contributed by atoms with Crippen molar-refractivity contribution in [3.63, 3.8) is 0 Å². The van der Waals surface area contributed by atoms with Gasteiger partial charge >= 0.3 is 0 Å². The van der Waals surface area contributed by atoms with E-state index in [0.29, 0.717) is 24.4 Å². The summed E-state index contributed by atoms with van der Waals surface area (Å²) >= 11 is 0. The Morgan fingerprint density at radius 2 is 2.08 bits per heavy atom. The molecule has 130 valence electrons. The van der Waals surface area contributed by atoms with Crippen LogP contribution in [0.2, 0.25) is 0 Å². The molecule has 0 unspecified atom stereocenters. The maximum Gasteiger partial charge on any atom is 0.255 e. The molecule has 1 saturated heterocycles. The fourth-order valence-corrected chi connectivity index (χ4v) is 3.42. The Labute approximate surface area is 146 Å². The van der Waals surface area contributed by atoms with Crippen LogP contribution < -0.4 is 10.6 Å². The molecule has 1 aliphatic carbocycles. The van der Waals surface area contributed by atoms with E-state index in [9.17, 15) is 9.59 Å². The zero-order valence-electron chi connectivity index (χ0n) is 14.3. The summed E-state index contributed by atoms with van der Waals surface area (Å²) in [7, 11) is 0. The molecule has 0 radical (unpaired) electrons. The number of nitrogens with zero attached hydrogens (tertiary/aromatic N) is 2. The number of carbonyl (C=O) groups excluding carboxylic acids is 2. The van der Waals surface area contributed by atoms with Crippen molar-refractivity contribution in [1.29, 1.82) is 0 Å². The van der Waals surface area contributed by atoms with Gasteiger partial charge in [-0.25, -0.2) is 4.68 Å². The number of rotatable bonds is 4. The summed E-state index contributed by atoms with van der Waals surface area (Å²) < 4.78 is 1.89. The lowest BCUT2D eigenvalue weighted by molar-refractivity contribution is -0.124. The summed E-state index contributed by atoms with van der Waals surface area (Å²) in [5, 5.41) is 10.2. The van der Waals surface area contributed by atoms with E-state index >= 15 is 0 Å². The third kappa shape index (κ3) is 3.04. The molecule has 2 amide bonds. The van der Waals surface area contributed by atoms with Crippen molar-refractivity contribution < 1.29 is 9.59 Å². The summed E-state index contributed by atoms with van der Waals surface area (Å²) in [6, 6.07) is 7.58. The molecule has 2 aromatic rings. The van der Waals surface area contributed by atoms with Gasteiger partial charge in [0.15, 0.2) is 0 Å². The second-order valence-corrected chi connectivity index (χ2v) is 6.88. The van der Waals surface area contributed by atoms with Crippen LogP contribution in [0.25, 0.3) is 5.69 Å². The number of nitrogens with one attached hydrogen (secondary N) is 2. The van der Waals surface area contributed by atoms with Crippen LogP contribution in [0.15, 0.2) is 30.5 Å². The highest BCUT2D eigenvalue weighted by molar-refractivity contribution is 5.98. The first-order valence-electron chi connectivity index (χ1n) is 8.87. The molecule has 0 bridgehead atoms. The largest absolute Gasteiger partial charge is 0.354 e. The quantitative estimate of drug-likeness (QED) is 0.896. The van der Waals surface area contributed by atoms with Gasteiger partial charge in [-0.05, 0) is 44.2 Å². The van der Waals surface area contributed by atoms with Gasteiger partial charge in [0, 0.05) is 12.5 Å². The van der Waals surface area contributed by atoms with Gasteiger partial charge < -0.3 is 10.6 Å². The van der Waals surface area contributed by atoms with Crippen LogP contribution in [0.4, 0.5) is 0 Å². The van der Waals surface area contributed by atoms with E-state index in [1.54, 1.807) is 6.20 Å². The molecule has 25 heavy (non-hydrogen) atoms. The minimum absolute atomic E-state index is 0.0983. The maximum absolute atomic E-state index is 12.8. The summed E-state index contributed by atoms with van der Waals surface area (Å²) in [5.74, 6) is 0.0608. The molecule has 4 rings (SSSR count). The van der Waals surface area contributed by atoms with Crippen LogP contribution in [0, 0.1) is 6.92 Å². The zero-order valence-corrected chi connectivity index (χ0v) is 14.3. The number of benzene rings is 1. The van der Waals surface area contributed by atoms with E-state index < -0.39 is 6.04 Å². The topological polar surface area (TPSA) is 76.0 Å². The monoisotopic (exact) mass is 338 g/mol. The smallest absolute Gasteiger partial charge is 0.255 e. The van der Waals surface area contributed by atoms with Crippen LogP contribution in [0.3, 0.4) is 0 Å². The Morgan fingerprint density at radius 3 is 2.80 bits per heavy atom. The Balaban J connectivity index is 1.65. The summed E-state index contributed by atoms with van der Waals surface area (Å²) in [4.78, 5) is 24.7. The highest BCUT2D eigenvalue weighted by Gasteiger charge is 2.34. The average Bonchev–Trinajstić information content (AvgIpc) is 3.36. The standard InChI is InChI=1S/C19H22N4O2/c1-12-5-2-3-7-16(12)23-17(13-8-9-13)14(11-21-23)18(24)22-15-6-4-10-20-19(15)25/h2-3,5,7,11,13,15H,4,6,8-10H2,1H3,(H,20,25)(H,22,24)/t15-/m0/s1. The van der Waals surface area contributed by atoms with Gasteiger partial charge in [0.1, 0.15) is 6.04 Å². The van der Waals surface area contributed by atoms with Crippen molar-refractivity contribution in [1.82, 2.24) is 20.4 Å². The summed E-state index contributed by atoms with van der Waals surface area (Å²) in [6.45, 7) is 2.73. The van der Waals surface area contributed by atoms with E-state index in [0.717, 1.165) is 36.2 Å². The molecule has 2 N–H and O–H groups in total. The minimum atomic E-state index is -0.449. The highest BCUT2D eigenvalue weighted by atomic mass is 16.2. The number of hydrogen-bond donors (Lipinski definition) is 2. The normalized spacial score (nSPS) is 20.2. The SMILES string of the molecule is Cc1ccccc1-n1ncc(C(=O)N[C@H]2CCCNC2=O)c1C1CC1. The number of aromatic nitrogens is 2. The van der Waals surface area contributed by atoms with Crippen molar-refractivity contribution in [2.45, 2.75) is 44.6 Å². The molecule has 6 heteroatoms. The van der Waals surface area contributed by atoms with Crippen LogP contribution in [-0.4, -0.2) is 34.2 Å². The molecule has 2 heterocycles. The highest BCUT2D eigenvalue weighted by Crippen LogP contribution is 2.42. The Bertz CT molecular complexity index is 823. The minimum Gasteiger partial charge on any atom is -0.354 e. The molecule has 1 aromatic carbocycles. The van der Waals surface area contributed by atoms with Crippen molar-refractivity contribution in [3.8, 4) is 5.69 Å². The lowest BCUT2D eigenvalue weighted by Gasteiger charge is -2.22. The van der Waals surface area contributed by atoms with Crippen molar-refractivity contribution >= 4 is 11.8 Å². The molecule has 1 aromatic heterocycles. The van der Waals surface area contributed by atoms with Gasteiger partial charge in [-0.2, -0.15) is 5.10 Å². The van der Waals surface area contributed by atoms with Gasteiger partial charge in [-0.1, -0.05) is 18.2 Å². The number of carbonyl (C=O) groups is 2. The number of piperidine rings is 1. The molecule has 6 nitrogen and oxygen atoms in total. The molecule has 0 spiro atoms. The van der Waals surface area contributed by atoms with Crippen LogP contribution in [-0.2, 0) is 4.79 Å². The number of para-hydroxylation sites is 1. The molecule has 1 atom stereocenters. The molecule has 2 fully saturated rings. The van der Waals surface area contributed by atoms with E-state index in [1.165, 1.54) is 0 Å². The first-order chi connectivity index (χ1) is 12.1. The van der Waals surface area contributed by atoms with Crippen LogP contribution in [0.1, 0.15) is 53.2 Å². The Kier molecular flexibility index (Phi) is 4.03. The Hall–Kier alpha value is -2.63. The number of hydrogen-bond acceptors (Lipinski definition) is 3. The number of aryl methyl sites for hydroxylation is 1. The van der Waals surface area contributed by atoms with Crippen molar-refractivity contribution in [2.75, 3.05) is 6.54 Å². The van der Waals surface area contributed by atoms with Gasteiger partial charge in [-0.3, -0.25) is 9.59 Å². The van der Waals surface area contributed by atoms with Crippen molar-refractivity contribution in [2.24, 2.45) is 0 Å². The van der Waals surface area contributed by atoms with E-state index in [2.05, 4.69) is 15.7 Å². The van der Waals surface area contributed by atoms with Gasteiger partial charge in [0.25, 0.3) is 5.91 Å². The zero-order chi connectivity index (χ0) is 17.4. The molecule has 1 saturated carbocycles. The van der Waals surface area contributed by atoms with Gasteiger partial charge in [0.05, 0.1) is 23.1 Å². The van der Waals surface area contributed by atoms with Crippen LogP contribution >= 0.6 is 0 Å². The maximum atomic E-state index is 12.8. The lowest BCUT2D eigenvalue weighted by atomic mass is 10.1. The molecule has 2 aliphatic rings. The third-order valence-electron chi connectivity index (χ3n) is 4.95. The van der Waals surface area contributed by atoms with Gasteiger partial charge in [-0.15, -0.1) is 0 Å². The molecule has 1 aliphatic heterocycles. The average molecular weight is 338 g/mol. The fourth-order valence-electron chi connectivity index (χ4n) is 3.42. The van der Waals surface area contributed by atoms with E-state index in [-0.39, 0.29) is 11.8 Å². The predicted octanol–water partition coefficient (Wildman–Crippen LogP) is 2.07. The summed E-state index contributed by atoms with van der Waals surface area (Å²) in [5.41, 5.74) is 3.66. The second kappa shape index (κ2) is 6.35. The Morgan fingerprint density at radius 1 is 1.28 bits per heavy atom. The first-order valence-corrected chi connectivity index (χ1v) is 8.87. The van der Waals surface area contributed by atoms with E-state index in [1.807, 2.05) is 35.9 Å². The first kappa shape index (κ1) is 15.9. The van der Waals surface area contributed by atoms with Crippen LogP contribution in [0.5, 0.6) is 0 Å².